The van der Waals surface area contributed by atoms with Crippen molar-refractivity contribution < 1.29 is 27.9 Å². The van der Waals surface area contributed by atoms with Crippen LogP contribution in [0.1, 0.15) is 5.56 Å². The molecule has 0 bridgehead atoms. The topological polar surface area (TPSA) is 82.3 Å². The molecule has 0 spiro atoms. The van der Waals surface area contributed by atoms with Gasteiger partial charge in [0.05, 0.1) is 5.56 Å². The highest BCUT2D eigenvalue weighted by molar-refractivity contribution is 5.96. The minimum Gasteiger partial charge on any atom is -0.514 e. The van der Waals surface area contributed by atoms with Gasteiger partial charge in [0, 0.05) is 0 Å². The lowest BCUT2D eigenvalue weighted by molar-refractivity contribution is -0.137. The fourth-order valence-electron chi connectivity index (χ4n) is 1.99. The molecule has 0 atom stereocenters. The van der Waals surface area contributed by atoms with Crippen molar-refractivity contribution in [1.29, 1.82) is 5.26 Å². The molecule has 2 rings (SSSR count). The van der Waals surface area contributed by atoms with E-state index in [4.69, 9.17) is 15.2 Å². The maximum absolute atomic E-state index is 13.3. The maximum atomic E-state index is 13.3. The van der Waals surface area contributed by atoms with Gasteiger partial charge in [0.2, 0.25) is 0 Å². The zero-order valence-corrected chi connectivity index (χ0v) is 12.5. The number of nitriles is 1. The Morgan fingerprint density at radius 3 is 2.44 bits per heavy atom. The van der Waals surface area contributed by atoms with Crippen LogP contribution >= 0.6 is 0 Å². The first-order valence-electron chi connectivity index (χ1n) is 6.85. The number of aliphatic hydroxyl groups excluding tert-OH is 1. The zero-order valence-electron chi connectivity index (χ0n) is 12.5. The second-order valence-electron chi connectivity index (χ2n) is 4.76. The van der Waals surface area contributed by atoms with Gasteiger partial charge in [0.1, 0.15) is 12.3 Å². The second-order valence-corrected chi connectivity index (χ2v) is 4.76. The van der Waals surface area contributed by atoms with E-state index in [1.54, 1.807) is 23.7 Å². The third-order valence-corrected chi connectivity index (χ3v) is 3.14. The molecule has 0 fully saturated rings. The van der Waals surface area contributed by atoms with Gasteiger partial charge in [-0.25, -0.2) is 0 Å². The van der Waals surface area contributed by atoms with Crippen molar-refractivity contribution in [1.82, 2.24) is 5.48 Å². The zero-order chi connectivity index (χ0) is 18.4. The van der Waals surface area contributed by atoms with Crippen molar-refractivity contribution in [3.8, 4) is 22.9 Å². The van der Waals surface area contributed by atoms with Crippen LogP contribution in [0.25, 0.3) is 11.1 Å². The van der Waals surface area contributed by atoms with Gasteiger partial charge in [-0.2, -0.15) is 23.9 Å². The first-order valence-corrected chi connectivity index (χ1v) is 6.85. The van der Waals surface area contributed by atoms with E-state index in [1.807, 2.05) is 0 Å². The smallest absolute Gasteiger partial charge is 0.417 e. The van der Waals surface area contributed by atoms with Crippen LogP contribution < -0.4 is 10.3 Å². The second kappa shape index (κ2) is 7.40. The molecule has 0 aliphatic carbocycles. The average molecular weight is 348 g/mol. The summed E-state index contributed by atoms with van der Waals surface area (Å²) in [4.78, 5) is 16.2. The highest BCUT2D eigenvalue weighted by Gasteiger charge is 2.34. The molecular formula is C17H11F3N2O3. The SMILES string of the molecule is N#C/C(=C\O)C(=O)NOc1ccc(-c2ccccc2)c(C(F)(F)F)c1. The lowest BCUT2D eigenvalue weighted by atomic mass is 9.99. The molecule has 5 nitrogen and oxygen atoms in total. The molecule has 0 heterocycles. The Kier molecular flexibility index (Phi) is 5.29. The standard InChI is InChI=1S/C17H11F3N2O3/c18-17(19,20)15-8-13(25-22-16(24)12(9-21)10-23)6-7-14(15)11-4-2-1-3-5-11/h1-8,10,23H,(H,22,24)/b12-10+. The lowest BCUT2D eigenvalue weighted by Gasteiger charge is -2.15. The van der Waals surface area contributed by atoms with E-state index in [0.29, 0.717) is 5.56 Å². The monoisotopic (exact) mass is 348 g/mol. The fraction of sp³-hybridized carbons (Fsp3) is 0.0588. The summed E-state index contributed by atoms with van der Waals surface area (Å²) >= 11 is 0. The molecule has 25 heavy (non-hydrogen) atoms. The first-order chi connectivity index (χ1) is 11.9. The number of hydroxylamine groups is 1. The third kappa shape index (κ3) is 4.29. The molecule has 0 aliphatic heterocycles. The number of aliphatic hydroxyl groups is 1. The summed E-state index contributed by atoms with van der Waals surface area (Å²) in [5.41, 5.74) is 0.519. The van der Waals surface area contributed by atoms with Crippen molar-refractivity contribution >= 4 is 5.91 Å². The third-order valence-electron chi connectivity index (χ3n) is 3.14. The molecule has 2 aromatic carbocycles. The number of halogens is 3. The van der Waals surface area contributed by atoms with E-state index in [-0.39, 0.29) is 17.6 Å². The van der Waals surface area contributed by atoms with E-state index in [1.165, 1.54) is 30.3 Å². The Hall–Kier alpha value is -3.47. The van der Waals surface area contributed by atoms with Gasteiger partial charge in [-0.1, -0.05) is 30.3 Å². The van der Waals surface area contributed by atoms with Gasteiger partial charge in [0.15, 0.2) is 11.3 Å². The predicted octanol–water partition coefficient (Wildman–Crippen LogP) is 3.75. The van der Waals surface area contributed by atoms with Crippen LogP contribution in [0.5, 0.6) is 5.75 Å². The number of rotatable bonds is 4. The quantitative estimate of drug-likeness (QED) is 0.382. The largest absolute Gasteiger partial charge is 0.514 e. The minimum absolute atomic E-state index is 0.0419. The number of hydrogen-bond acceptors (Lipinski definition) is 4. The highest BCUT2D eigenvalue weighted by atomic mass is 19.4. The normalized spacial score (nSPS) is 11.5. The number of carbonyl (C=O) groups excluding carboxylic acids is 1. The highest BCUT2D eigenvalue weighted by Crippen LogP contribution is 2.38. The molecule has 2 aromatic rings. The lowest BCUT2D eigenvalue weighted by Crippen LogP contribution is -2.28. The number of nitrogens with zero attached hydrogens (tertiary/aromatic N) is 1. The van der Waals surface area contributed by atoms with Crippen LogP contribution in [0.3, 0.4) is 0 Å². The molecule has 0 radical (unpaired) electrons. The molecular weight excluding hydrogens is 337 g/mol. The molecule has 0 aromatic heterocycles. The maximum Gasteiger partial charge on any atom is 0.417 e. The Morgan fingerprint density at radius 1 is 1.20 bits per heavy atom. The van der Waals surface area contributed by atoms with Gasteiger partial charge in [0.25, 0.3) is 5.91 Å². The van der Waals surface area contributed by atoms with Crippen LogP contribution in [-0.4, -0.2) is 11.0 Å². The van der Waals surface area contributed by atoms with E-state index in [9.17, 15) is 18.0 Å². The summed E-state index contributed by atoms with van der Waals surface area (Å²) in [6.07, 6.45) is -4.38. The van der Waals surface area contributed by atoms with Gasteiger partial charge in [-0.3, -0.25) is 4.79 Å². The number of benzene rings is 2. The number of hydrogen-bond donors (Lipinski definition) is 2. The van der Waals surface area contributed by atoms with Gasteiger partial charge >= 0.3 is 6.18 Å². The van der Waals surface area contributed by atoms with Crippen molar-refractivity contribution in [2.45, 2.75) is 6.18 Å². The summed E-state index contributed by atoms with van der Waals surface area (Å²) in [5.74, 6) is -1.37. The summed E-state index contributed by atoms with van der Waals surface area (Å²) in [7, 11) is 0. The molecule has 2 N–H and O–H groups in total. The number of amides is 1. The van der Waals surface area contributed by atoms with Crippen LogP contribution in [0.15, 0.2) is 60.4 Å². The molecule has 128 valence electrons. The van der Waals surface area contributed by atoms with Gasteiger partial charge in [-0.05, 0) is 29.3 Å². The van der Waals surface area contributed by atoms with Crippen molar-refractivity contribution in [3.05, 3.63) is 65.9 Å². The van der Waals surface area contributed by atoms with E-state index in [0.717, 1.165) is 6.07 Å². The van der Waals surface area contributed by atoms with Crippen LogP contribution in [0.4, 0.5) is 13.2 Å². The van der Waals surface area contributed by atoms with Crippen molar-refractivity contribution in [2.75, 3.05) is 0 Å². The molecule has 0 saturated carbocycles. The van der Waals surface area contributed by atoms with Crippen molar-refractivity contribution in [2.24, 2.45) is 0 Å². The Bertz CT molecular complexity index is 840. The van der Waals surface area contributed by atoms with Crippen LogP contribution in [0.2, 0.25) is 0 Å². The number of alkyl halides is 3. The Labute approximate surface area is 140 Å². The molecule has 0 saturated heterocycles. The van der Waals surface area contributed by atoms with Gasteiger partial charge < -0.3 is 9.94 Å². The van der Waals surface area contributed by atoms with Gasteiger partial charge in [-0.15, -0.1) is 0 Å². The van der Waals surface area contributed by atoms with Crippen LogP contribution in [0, 0.1) is 11.3 Å². The Morgan fingerprint density at radius 2 is 1.88 bits per heavy atom. The minimum atomic E-state index is -4.64. The fourth-order valence-corrected chi connectivity index (χ4v) is 1.99. The van der Waals surface area contributed by atoms with E-state index >= 15 is 0 Å². The van der Waals surface area contributed by atoms with E-state index in [2.05, 4.69) is 0 Å². The Balaban J connectivity index is 2.31. The van der Waals surface area contributed by atoms with E-state index < -0.39 is 23.2 Å². The number of nitrogens with one attached hydrogen (secondary N) is 1. The summed E-state index contributed by atoms with van der Waals surface area (Å²) in [6, 6.07) is 12.6. The van der Waals surface area contributed by atoms with Crippen LogP contribution in [-0.2, 0) is 11.0 Å². The molecule has 1 amide bonds. The first kappa shape index (κ1) is 17.9. The summed E-state index contributed by atoms with van der Waals surface area (Å²) in [5, 5.41) is 17.2. The molecule has 0 aliphatic rings. The molecule has 8 heteroatoms. The van der Waals surface area contributed by atoms with Crippen molar-refractivity contribution in [3.63, 3.8) is 0 Å². The summed E-state index contributed by atoms with van der Waals surface area (Å²) < 4.78 is 40.0. The summed E-state index contributed by atoms with van der Waals surface area (Å²) in [6.45, 7) is 0. The number of carbonyl (C=O) groups is 1. The molecule has 0 unspecified atom stereocenters. The predicted molar refractivity (Wildman–Crippen MR) is 82.0 cm³/mol. The average Bonchev–Trinajstić information content (AvgIpc) is 2.61.